The number of nitrogens with zero attached hydrogens (tertiary/aromatic N) is 2. The molecule has 17 heavy (non-hydrogen) atoms. The van der Waals surface area contributed by atoms with Crippen LogP contribution in [-0.4, -0.2) is 42.9 Å². The van der Waals surface area contributed by atoms with Crippen LogP contribution in [0, 0.1) is 5.92 Å². The van der Waals surface area contributed by atoms with Crippen LogP contribution in [0.25, 0.3) is 0 Å². The number of nitrogens with two attached hydrogens (primary N) is 1. The first-order valence-electron chi connectivity index (χ1n) is 5.89. The van der Waals surface area contributed by atoms with Crippen molar-refractivity contribution in [3.05, 3.63) is 0 Å². The molecule has 6 heteroatoms. The second-order valence-electron chi connectivity index (χ2n) is 4.42. The van der Waals surface area contributed by atoms with Crippen LogP contribution in [0.1, 0.15) is 26.7 Å². The van der Waals surface area contributed by atoms with Crippen LogP contribution < -0.4 is 11.1 Å². The summed E-state index contributed by atoms with van der Waals surface area (Å²) in [5.41, 5.74) is 5.89. The molecule has 1 saturated heterocycles. The molecule has 100 valence electrons. The predicted molar refractivity (Wildman–Crippen MR) is 80.6 cm³/mol. The Hall–Kier alpha value is -0.530. The summed E-state index contributed by atoms with van der Waals surface area (Å²) in [6.07, 6.45) is 2.46. The number of guanidine groups is 1. The van der Waals surface area contributed by atoms with Crippen molar-refractivity contribution in [2.45, 2.75) is 26.7 Å². The number of carbonyl (C=O) groups is 1. The number of piperidine rings is 1. The predicted octanol–water partition coefficient (Wildman–Crippen LogP) is 0.787. The van der Waals surface area contributed by atoms with Gasteiger partial charge < -0.3 is 16.0 Å². The van der Waals surface area contributed by atoms with Crippen LogP contribution in [0.5, 0.6) is 0 Å². The molecule has 0 saturated carbocycles. The van der Waals surface area contributed by atoms with Gasteiger partial charge in [0.1, 0.15) is 0 Å². The lowest BCUT2D eigenvalue weighted by molar-refractivity contribution is -0.118. The zero-order valence-electron chi connectivity index (χ0n) is 10.6. The SMILES string of the molecule is CC(=O)NCCN=C(N)N1CCCC(C)C1.I. The van der Waals surface area contributed by atoms with E-state index < -0.39 is 0 Å². The maximum atomic E-state index is 10.6. The number of hydrogen-bond acceptors (Lipinski definition) is 2. The van der Waals surface area contributed by atoms with E-state index in [1.807, 2.05) is 0 Å². The van der Waals surface area contributed by atoms with Crippen LogP contribution in [0.15, 0.2) is 4.99 Å². The fraction of sp³-hybridized carbons (Fsp3) is 0.818. The molecule has 5 nitrogen and oxygen atoms in total. The van der Waals surface area contributed by atoms with E-state index >= 15 is 0 Å². The van der Waals surface area contributed by atoms with Crippen LogP contribution in [0.3, 0.4) is 0 Å². The summed E-state index contributed by atoms with van der Waals surface area (Å²) >= 11 is 0. The molecule has 1 fully saturated rings. The van der Waals surface area contributed by atoms with Gasteiger partial charge in [0.15, 0.2) is 5.96 Å². The summed E-state index contributed by atoms with van der Waals surface area (Å²) in [4.78, 5) is 17.0. The lowest BCUT2D eigenvalue weighted by Gasteiger charge is -2.31. The number of nitrogens with one attached hydrogen (secondary N) is 1. The van der Waals surface area contributed by atoms with E-state index in [0.717, 1.165) is 13.1 Å². The largest absolute Gasteiger partial charge is 0.370 e. The number of likely N-dealkylation sites (tertiary alicyclic amines) is 1. The Bertz CT molecular complexity index is 270. The maximum absolute atomic E-state index is 10.6. The Morgan fingerprint density at radius 1 is 1.59 bits per heavy atom. The Kier molecular flexibility index (Phi) is 8.28. The Labute approximate surface area is 120 Å². The highest BCUT2D eigenvalue weighted by Gasteiger charge is 2.17. The van der Waals surface area contributed by atoms with Gasteiger partial charge in [-0.15, -0.1) is 24.0 Å². The van der Waals surface area contributed by atoms with Gasteiger partial charge in [-0.25, -0.2) is 0 Å². The molecule has 0 bridgehead atoms. The van der Waals surface area contributed by atoms with E-state index in [-0.39, 0.29) is 29.9 Å². The van der Waals surface area contributed by atoms with Crippen molar-refractivity contribution in [1.29, 1.82) is 0 Å². The number of carbonyl (C=O) groups excluding carboxylic acids is 1. The summed E-state index contributed by atoms with van der Waals surface area (Å²) in [7, 11) is 0. The molecule has 1 amide bonds. The van der Waals surface area contributed by atoms with E-state index in [9.17, 15) is 4.79 Å². The van der Waals surface area contributed by atoms with Gasteiger partial charge >= 0.3 is 0 Å². The standard InChI is InChI=1S/C11H22N4O.HI/c1-9-4-3-7-15(8-9)11(12)14-6-5-13-10(2)16;/h9H,3-8H2,1-2H3,(H2,12,14)(H,13,16);1H. The van der Waals surface area contributed by atoms with E-state index in [0.29, 0.717) is 25.0 Å². The fourth-order valence-electron chi connectivity index (χ4n) is 1.90. The summed E-state index contributed by atoms with van der Waals surface area (Å²) in [6.45, 7) is 6.83. The van der Waals surface area contributed by atoms with Crippen molar-refractivity contribution < 1.29 is 4.79 Å². The minimum atomic E-state index is -0.0274. The molecule has 1 rings (SSSR count). The fourth-order valence-corrected chi connectivity index (χ4v) is 1.90. The molecule has 1 aliphatic rings. The van der Waals surface area contributed by atoms with Crippen LogP contribution >= 0.6 is 24.0 Å². The Morgan fingerprint density at radius 2 is 2.29 bits per heavy atom. The van der Waals surface area contributed by atoms with Gasteiger partial charge in [-0.2, -0.15) is 0 Å². The second-order valence-corrected chi connectivity index (χ2v) is 4.42. The third kappa shape index (κ3) is 6.70. The minimum absolute atomic E-state index is 0. The van der Waals surface area contributed by atoms with E-state index in [2.05, 4.69) is 22.1 Å². The van der Waals surface area contributed by atoms with Crippen molar-refractivity contribution in [1.82, 2.24) is 10.2 Å². The highest BCUT2D eigenvalue weighted by molar-refractivity contribution is 14.0. The Balaban J connectivity index is 0.00000256. The van der Waals surface area contributed by atoms with Crippen LogP contribution in [-0.2, 0) is 4.79 Å². The molecule has 0 spiro atoms. The first-order chi connectivity index (χ1) is 7.59. The monoisotopic (exact) mass is 354 g/mol. The molecule has 1 unspecified atom stereocenters. The summed E-state index contributed by atoms with van der Waals surface area (Å²) in [5, 5.41) is 2.69. The molecule has 0 aliphatic carbocycles. The van der Waals surface area contributed by atoms with Crippen LogP contribution in [0.4, 0.5) is 0 Å². The molecular weight excluding hydrogens is 331 g/mol. The first kappa shape index (κ1) is 16.5. The van der Waals surface area contributed by atoms with Gasteiger partial charge in [-0.05, 0) is 18.8 Å². The highest BCUT2D eigenvalue weighted by Crippen LogP contribution is 2.14. The Morgan fingerprint density at radius 3 is 2.88 bits per heavy atom. The minimum Gasteiger partial charge on any atom is -0.370 e. The molecular formula is C11H23IN4O. The molecule has 0 aromatic rings. The zero-order valence-corrected chi connectivity index (χ0v) is 12.9. The van der Waals surface area contributed by atoms with E-state index in [1.54, 1.807) is 0 Å². The smallest absolute Gasteiger partial charge is 0.216 e. The van der Waals surface area contributed by atoms with Crippen molar-refractivity contribution >= 4 is 35.8 Å². The molecule has 0 radical (unpaired) electrons. The topological polar surface area (TPSA) is 70.7 Å². The average Bonchev–Trinajstić information content (AvgIpc) is 2.24. The quantitative estimate of drug-likeness (QED) is 0.341. The van der Waals surface area contributed by atoms with E-state index in [4.69, 9.17) is 5.73 Å². The molecule has 0 aromatic carbocycles. The molecule has 1 heterocycles. The second kappa shape index (κ2) is 8.54. The lowest BCUT2D eigenvalue weighted by Crippen LogP contribution is -2.43. The van der Waals surface area contributed by atoms with Crippen molar-refractivity contribution in [3.63, 3.8) is 0 Å². The average molecular weight is 354 g/mol. The third-order valence-electron chi connectivity index (χ3n) is 2.74. The normalized spacial score (nSPS) is 20.7. The highest BCUT2D eigenvalue weighted by atomic mass is 127. The number of hydrogen-bond donors (Lipinski definition) is 2. The third-order valence-corrected chi connectivity index (χ3v) is 2.74. The molecule has 1 atom stereocenters. The van der Waals surface area contributed by atoms with E-state index in [1.165, 1.54) is 19.8 Å². The van der Waals surface area contributed by atoms with Crippen molar-refractivity contribution in [3.8, 4) is 0 Å². The van der Waals surface area contributed by atoms with Crippen molar-refractivity contribution in [2.24, 2.45) is 16.6 Å². The first-order valence-corrected chi connectivity index (χ1v) is 5.89. The van der Waals surface area contributed by atoms with Gasteiger partial charge in [0.05, 0.1) is 6.54 Å². The van der Waals surface area contributed by atoms with Gasteiger partial charge in [0, 0.05) is 26.6 Å². The van der Waals surface area contributed by atoms with Crippen molar-refractivity contribution in [2.75, 3.05) is 26.2 Å². The summed E-state index contributed by atoms with van der Waals surface area (Å²) in [6, 6.07) is 0. The van der Waals surface area contributed by atoms with Gasteiger partial charge in [0.25, 0.3) is 0 Å². The molecule has 3 N–H and O–H groups in total. The van der Waals surface area contributed by atoms with Gasteiger partial charge in [-0.1, -0.05) is 6.92 Å². The molecule has 0 aromatic heterocycles. The summed E-state index contributed by atoms with van der Waals surface area (Å²) < 4.78 is 0. The molecule has 1 aliphatic heterocycles. The zero-order chi connectivity index (χ0) is 12.0. The van der Waals surface area contributed by atoms with Gasteiger partial charge in [0.2, 0.25) is 5.91 Å². The summed E-state index contributed by atoms with van der Waals surface area (Å²) in [5.74, 6) is 1.27. The van der Waals surface area contributed by atoms with Crippen LogP contribution in [0.2, 0.25) is 0 Å². The number of rotatable bonds is 3. The lowest BCUT2D eigenvalue weighted by atomic mass is 10.0. The number of amides is 1. The van der Waals surface area contributed by atoms with Gasteiger partial charge in [-0.3, -0.25) is 9.79 Å². The maximum Gasteiger partial charge on any atom is 0.216 e. The number of halogens is 1. The number of aliphatic imine (C=N–C) groups is 1.